The van der Waals surface area contributed by atoms with E-state index in [9.17, 15) is 4.79 Å². The third-order valence-electron chi connectivity index (χ3n) is 3.75. The van der Waals surface area contributed by atoms with E-state index in [1.54, 1.807) is 6.08 Å². The van der Waals surface area contributed by atoms with Crippen molar-refractivity contribution in [2.75, 3.05) is 11.9 Å². The van der Waals surface area contributed by atoms with E-state index < -0.39 is 0 Å². The molecule has 2 rings (SSSR count). The predicted octanol–water partition coefficient (Wildman–Crippen LogP) is 5.79. The van der Waals surface area contributed by atoms with Gasteiger partial charge in [0.25, 0.3) is 0 Å². The van der Waals surface area contributed by atoms with Crippen molar-refractivity contribution in [1.82, 2.24) is 0 Å². The predicted molar refractivity (Wildman–Crippen MR) is 105 cm³/mol. The Labute approximate surface area is 154 Å². The molecule has 1 N–H and O–H groups in total. The number of rotatable bonds is 7. The van der Waals surface area contributed by atoms with Crippen molar-refractivity contribution >= 4 is 29.3 Å². The Kier molecular flexibility index (Phi) is 7.08. The first-order valence-corrected chi connectivity index (χ1v) is 8.86. The molecule has 0 saturated carbocycles. The highest BCUT2D eigenvalue weighted by atomic mass is 35.5. The Morgan fingerprint density at radius 1 is 1.20 bits per heavy atom. The van der Waals surface area contributed by atoms with Crippen molar-refractivity contribution < 1.29 is 9.53 Å². The summed E-state index contributed by atoms with van der Waals surface area (Å²) in [7, 11) is 0. The van der Waals surface area contributed by atoms with Crippen LogP contribution in [0.3, 0.4) is 0 Å². The van der Waals surface area contributed by atoms with Crippen molar-refractivity contribution in [1.29, 1.82) is 0 Å². The van der Waals surface area contributed by atoms with Gasteiger partial charge in [-0.25, -0.2) is 0 Å². The second kappa shape index (κ2) is 9.28. The molecule has 25 heavy (non-hydrogen) atoms. The fourth-order valence-electron chi connectivity index (χ4n) is 2.42. The van der Waals surface area contributed by atoms with Gasteiger partial charge < -0.3 is 10.1 Å². The van der Waals surface area contributed by atoms with Crippen molar-refractivity contribution in [3.63, 3.8) is 0 Å². The number of ether oxygens (including phenoxy) is 1. The minimum atomic E-state index is -0.211. The maximum Gasteiger partial charge on any atom is 0.248 e. The van der Waals surface area contributed by atoms with E-state index in [1.807, 2.05) is 50.2 Å². The zero-order valence-corrected chi connectivity index (χ0v) is 15.7. The minimum Gasteiger partial charge on any atom is -0.494 e. The van der Waals surface area contributed by atoms with Gasteiger partial charge in [-0.15, -0.1) is 0 Å². The van der Waals surface area contributed by atoms with Crippen LogP contribution < -0.4 is 10.1 Å². The number of carbonyl (C=O) groups is 1. The van der Waals surface area contributed by atoms with Crippen LogP contribution >= 0.6 is 11.6 Å². The molecular formula is C21H24ClNO2. The van der Waals surface area contributed by atoms with Crippen molar-refractivity contribution in [2.45, 2.75) is 33.6 Å². The maximum absolute atomic E-state index is 12.1. The van der Waals surface area contributed by atoms with Crippen LogP contribution in [0.5, 0.6) is 5.75 Å². The van der Waals surface area contributed by atoms with Gasteiger partial charge in [-0.2, -0.15) is 0 Å². The van der Waals surface area contributed by atoms with E-state index in [1.165, 1.54) is 6.08 Å². The number of anilines is 1. The highest BCUT2D eigenvalue weighted by Crippen LogP contribution is 2.27. The number of amides is 1. The largest absolute Gasteiger partial charge is 0.494 e. The molecule has 132 valence electrons. The number of unbranched alkanes of at least 4 members (excludes halogenated alkanes) is 1. The molecule has 0 bridgehead atoms. The van der Waals surface area contributed by atoms with E-state index in [-0.39, 0.29) is 5.91 Å². The molecular weight excluding hydrogens is 334 g/mol. The molecule has 2 aromatic carbocycles. The van der Waals surface area contributed by atoms with Gasteiger partial charge in [-0.3, -0.25) is 4.79 Å². The first-order valence-electron chi connectivity index (χ1n) is 8.48. The Bertz CT molecular complexity index is 728. The van der Waals surface area contributed by atoms with Crippen molar-refractivity contribution in [3.8, 4) is 5.75 Å². The monoisotopic (exact) mass is 357 g/mol. The van der Waals surface area contributed by atoms with Gasteiger partial charge in [0, 0.05) is 6.08 Å². The zero-order valence-electron chi connectivity index (χ0n) is 14.9. The molecule has 0 fully saturated rings. The first-order chi connectivity index (χ1) is 12.0. The lowest BCUT2D eigenvalue weighted by molar-refractivity contribution is -0.111. The summed E-state index contributed by atoms with van der Waals surface area (Å²) < 4.78 is 5.62. The summed E-state index contributed by atoms with van der Waals surface area (Å²) in [4.78, 5) is 12.1. The summed E-state index contributed by atoms with van der Waals surface area (Å²) in [6.07, 6.45) is 5.42. The van der Waals surface area contributed by atoms with Gasteiger partial charge in [0.2, 0.25) is 5.91 Å². The Hall–Kier alpha value is -2.26. The summed E-state index contributed by atoms with van der Waals surface area (Å²) >= 11 is 6.21. The van der Waals surface area contributed by atoms with Crippen LogP contribution in [0, 0.1) is 13.8 Å². The lowest BCUT2D eigenvalue weighted by atomic mass is 10.1. The van der Waals surface area contributed by atoms with E-state index in [0.29, 0.717) is 10.7 Å². The van der Waals surface area contributed by atoms with Crippen LogP contribution in [0.1, 0.15) is 36.5 Å². The SMILES string of the molecule is CCCCOc1ccc(C=CC(=O)Nc2c(C)cc(C)cc2Cl)cc1. The zero-order chi connectivity index (χ0) is 18.2. The molecule has 0 unspecified atom stereocenters. The lowest BCUT2D eigenvalue weighted by Crippen LogP contribution is -2.09. The second-order valence-corrected chi connectivity index (χ2v) is 6.44. The third-order valence-corrected chi connectivity index (χ3v) is 4.05. The van der Waals surface area contributed by atoms with Crippen LogP contribution in [0.25, 0.3) is 6.08 Å². The minimum absolute atomic E-state index is 0.211. The molecule has 0 saturated heterocycles. The van der Waals surface area contributed by atoms with Crippen LogP contribution in [0.4, 0.5) is 5.69 Å². The van der Waals surface area contributed by atoms with Crippen molar-refractivity contribution in [2.24, 2.45) is 0 Å². The molecule has 0 atom stereocenters. The Balaban J connectivity index is 1.96. The number of hydrogen-bond donors (Lipinski definition) is 1. The summed E-state index contributed by atoms with van der Waals surface area (Å²) in [6, 6.07) is 11.5. The Morgan fingerprint density at radius 2 is 1.92 bits per heavy atom. The van der Waals surface area contributed by atoms with Crippen LogP contribution in [0.2, 0.25) is 5.02 Å². The van der Waals surface area contributed by atoms with Gasteiger partial charge in [-0.1, -0.05) is 43.1 Å². The smallest absolute Gasteiger partial charge is 0.248 e. The fourth-order valence-corrected chi connectivity index (χ4v) is 2.79. The fraction of sp³-hybridized carbons (Fsp3) is 0.286. The van der Waals surface area contributed by atoms with Gasteiger partial charge >= 0.3 is 0 Å². The molecule has 1 amide bonds. The topological polar surface area (TPSA) is 38.3 Å². The van der Waals surface area contributed by atoms with Gasteiger partial charge in [0.1, 0.15) is 5.75 Å². The van der Waals surface area contributed by atoms with Gasteiger partial charge in [-0.05, 0) is 61.2 Å². The first kappa shape index (κ1) is 19.1. The molecule has 0 aliphatic carbocycles. The van der Waals surface area contributed by atoms with Crippen molar-refractivity contribution in [3.05, 3.63) is 64.2 Å². The number of nitrogens with one attached hydrogen (secondary N) is 1. The van der Waals surface area contributed by atoms with Crippen LogP contribution in [-0.2, 0) is 4.79 Å². The number of halogens is 1. The van der Waals surface area contributed by atoms with E-state index >= 15 is 0 Å². The number of hydrogen-bond acceptors (Lipinski definition) is 2. The number of carbonyl (C=O) groups excluding carboxylic acids is 1. The molecule has 0 aromatic heterocycles. The van der Waals surface area contributed by atoms with Gasteiger partial charge in [0.15, 0.2) is 0 Å². The summed E-state index contributed by atoms with van der Waals surface area (Å²) in [5.41, 5.74) is 3.60. The Morgan fingerprint density at radius 3 is 2.56 bits per heavy atom. The van der Waals surface area contributed by atoms with Crippen LogP contribution in [0.15, 0.2) is 42.5 Å². The number of benzene rings is 2. The normalized spacial score (nSPS) is 10.9. The molecule has 0 radical (unpaired) electrons. The summed E-state index contributed by atoms with van der Waals surface area (Å²) in [5.74, 6) is 0.634. The van der Waals surface area contributed by atoms with Gasteiger partial charge in [0.05, 0.1) is 17.3 Å². The molecule has 2 aromatic rings. The number of aryl methyl sites for hydroxylation is 2. The molecule has 4 heteroatoms. The van der Waals surface area contributed by atoms with Crippen LogP contribution in [-0.4, -0.2) is 12.5 Å². The molecule has 3 nitrogen and oxygen atoms in total. The van der Waals surface area contributed by atoms with E-state index in [2.05, 4.69) is 12.2 Å². The lowest BCUT2D eigenvalue weighted by Gasteiger charge is -2.10. The third kappa shape index (κ3) is 5.95. The molecule has 0 heterocycles. The average molecular weight is 358 g/mol. The molecule has 0 aliphatic rings. The van der Waals surface area contributed by atoms with E-state index in [0.717, 1.165) is 41.9 Å². The summed E-state index contributed by atoms with van der Waals surface area (Å²) in [6.45, 7) is 6.76. The average Bonchev–Trinajstić information content (AvgIpc) is 2.57. The standard InChI is InChI=1S/C21H24ClNO2/c1-4-5-12-25-18-9-6-17(7-10-18)8-11-20(24)23-21-16(3)13-15(2)14-19(21)22/h6-11,13-14H,4-5,12H2,1-3H3,(H,23,24). The summed E-state index contributed by atoms with van der Waals surface area (Å²) in [5, 5.41) is 3.39. The molecule has 0 spiro atoms. The van der Waals surface area contributed by atoms with E-state index in [4.69, 9.17) is 16.3 Å². The maximum atomic E-state index is 12.1. The highest BCUT2D eigenvalue weighted by Gasteiger charge is 2.07. The molecule has 0 aliphatic heterocycles. The quantitative estimate of drug-likeness (QED) is 0.503. The highest BCUT2D eigenvalue weighted by molar-refractivity contribution is 6.34. The second-order valence-electron chi connectivity index (χ2n) is 6.03.